The molecule has 4 nitrogen and oxygen atoms in total. The molecule has 0 aliphatic rings. The van der Waals surface area contributed by atoms with Gasteiger partial charge in [0.25, 0.3) is 0 Å². The molecule has 1 aromatic carbocycles. The average molecular weight is 346 g/mol. The van der Waals surface area contributed by atoms with Crippen LogP contribution in [0.4, 0.5) is 13.2 Å². The molecule has 0 bridgehead atoms. The molecule has 1 aromatic heterocycles. The third kappa shape index (κ3) is 4.35. The second-order valence-electron chi connectivity index (χ2n) is 4.76. The first-order chi connectivity index (χ1) is 10.7. The SMILES string of the molecule is Cc1cc(COc2ccc(C(F)(F)F)cc2Cl)nc(C(=O)O)c1. The van der Waals surface area contributed by atoms with Gasteiger partial charge in [0, 0.05) is 0 Å². The number of halogens is 4. The molecule has 2 aromatic rings. The van der Waals surface area contributed by atoms with Crippen LogP contribution in [0.1, 0.15) is 27.3 Å². The zero-order valence-corrected chi connectivity index (χ0v) is 12.6. The van der Waals surface area contributed by atoms with Crippen molar-refractivity contribution in [2.24, 2.45) is 0 Å². The van der Waals surface area contributed by atoms with Crippen LogP contribution in [0.25, 0.3) is 0 Å². The number of aryl methyl sites for hydroxylation is 1. The van der Waals surface area contributed by atoms with E-state index in [4.69, 9.17) is 21.4 Å². The largest absolute Gasteiger partial charge is 0.486 e. The standard InChI is InChI=1S/C15H11ClF3NO3/c1-8-4-10(20-12(5-8)14(21)22)7-23-13-3-2-9(6-11(13)16)15(17,18)19/h2-6H,7H2,1H3,(H,21,22). The lowest BCUT2D eigenvalue weighted by Gasteiger charge is -2.11. The molecule has 8 heteroatoms. The maximum absolute atomic E-state index is 12.5. The van der Waals surface area contributed by atoms with E-state index >= 15 is 0 Å². The lowest BCUT2D eigenvalue weighted by molar-refractivity contribution is -0.137. The number of carboxylic acid groups (broad SMARTS) is 1. The number of benzene rings is 1. The number of ether oxygens (including phenoxy) is 1. The van der Waals surface area contributed by atoms with Crippen LogP contribution in [0.2, 0.25) is 5.02 Å². The predicted octanol–water partition coefficient (Wildman–Crippen LogP) is 4.34. The highest BCUT2D eigenvalue weighted by molar-refractivity contribution is 6.32. The molecule has 122 valence electrons. The molecular formula is C15H11ClF3NO3. The highest BCUT2D eigenvalue weighted by atomic mass is 35.5. The van der Waals surface area contributed by atoms with Gasteiger partial charge in [0.05, 0.1) is 16.3 Å². The molecule has 0 saturated carbocycles. The molecule has 0 amide bonds. The molecule has 0 aliphatic heterocycles. The summed E-state index contributed by atoms with van der Waals surface area (Å²) in [5.41, 5.74) is -0.00769. The summed E-state index contributed by atoms with van der Waals surface area (Å²) in [6.45, 7) is 1.58. The van der Waals surface area contributed by atoms with Crippen LogP contribution in [-0.2, 0) is 12.8 Å². The van der Waals surface area contributed by atoms with E-state index in [2.05, 4.69) is 4.98 Å². The summed E-state index contributed by atoms with van der Waals surface area (Å²) in [5, 5.41) is 8.75. The minimum absolute atomic E-state index is 0.0554. The number of hydrogen-bond donors (Lipinski definition) is 1. The molecular weight excluding hydrogens is 335 g/mol. The van der Waals surface area contributed by atoms with E-state index in [0.717, 1.165) is 18.2 Å². The van der Waals surface area contributed by atoms with E-state index in [1.54, 1.807) is 13.0 Å². The summed E-state index contributed by atoms with van der Waals surface area (Å²) in [7, 11) is 0. The number of pyridine rings is 1. The smallest absolute Gasteiger partial charge is 0.416 e. The third-order valence-corrected chi connectivity index (χ3v) is 3.17. The van der Waals surface area contributed by atoms with Crippen LogP contribution in [0.15, 0.2) is 30.3 Å². The lowest BCUT2D eigenvalue weighted by atomic mass is 10.2. The number of aromatic carboxylic acids is 1. The third-order valence-electron chi connectivity index (χ3n) is 2.88. The van der Waals surface area contributed by atoms with Crippen molar-refractivity contribution >= 4 is 17.6 Å². The second kappa shape index (κ2) is 6.45. The van der Waals surface area contributed by atoms with Crippen molar-refractivity contribution in [3.63, 3.8) is 0 Å². The van der Waals surface area contributed by atoms with Crippen LogP contribution < -0.4 is 4.74 Å². The molecule has 0 unspecified atom stereocenters. The number of carbonyl (C=O) groups is 1. The van der Waals surface area contributed by atoms with Gasteiger partial charge >= 0.3 is 12.1 Å². The summed E-state index contributed by atoms with van der Waals surface area (Å²) in [6, 6.07) is 5.75. The van der Waals surface area contributed by atoms with Crippen molar-refractivity contribution in [2.75, 3.05) is 0 Å². The van der Waals surface area contributed by atoms with Gasteiger partial charge in [-0.25, -0.2) is 9.78 Å². The quantitative estimate of drug-likeness (QED) is 0.895. The van der Waals surface area contributed by atoms with Gasteiger partial charge in [0.15, 0.2) is 0 Å². The molecule has 0 aliphatic carbocycles. The van der Waals surface area contributed by atoms with Gasteiger partial charge in [0.2, 0.25) is 0 Å². The molecule has 0 atom stereocenters. The number of carboxylic acids is 1. The average Bonchev–Trinajstić information content (AvgIpc) is 2.44. The number of aromatic nitrogens is 1. The van der Waals surface area contributed by atoms with Crippen molar-refractivity contribution < 1.29 is 27.8 Å². The maximum atomic E-state index is 12.5. The van der Waals surface area contributed by atoms with Gasteiger partial charge in [-0.2, -0.15) is 13.2 Å². The Labute approximate surface area is 134 Å². The highest BCUT2D eigenvalue weighted by Gasteiger charge is 2.31. The van der Waals surface area contributed by atoms with E-state index in [1.165, 1.54) is 6.07 Å². The van der Waals surface area contributed by atoms with Crippen molar-refractivity contribution in [3.8, 4) is 5.75 Å². The van der Waals surface area contributed by atoms with E-state index in [1.807, 2.05) is 0 Å². The predicted molar refractivity (Wildman–Crippen MR) is 76.7 cm³/mol. The normalized spacial score (nSPS) is 11.3. The zero-order chi connectivity index (χ0) is 17.2. The zero-order valence-electron chi connectivity index (χ0n) is 11.8. The highest BCUT2D eigenvalue weighted by Crippen LogP contribution is 2.34. The Morgan fingerprint density at radius 2 is 2.00 bits per heavy atom. The summed E-state index contributed by atoms with van der Waals surface area (Å²) in [4.78, 5) is 14.8. The molecule has 1 N–H and O–H groups in total. The molecule has 0 fully saturated rings. The van der Waals surface area contributed by atoms with Gasteiger partial charge < -0.3 is 9.84 Å². The monoisotopic (exact) mass is 345 g/mol. The summed E-state index contributed by atoms with van der Waals surface area (Å²) >= 11 is 5.78. The minimum Gasteiger partial charge on any atom is -0.486 e. The van der Waals surface area contributed by atoms with Gasteiger partial charge in [-0.1, -0.05) is 11.6 Å². The number of nitrogens with zero attached hydrogens (tertiary/aromatic N) is 1. The van der Waals surface area contributed by atoms with Crippen LogP contribution in [0.5, 0.6) is 5.75 Å². The van der Waals surface area contributed by atoms with Crippen LogP contribution in [0, 0.1) is 6.92 Å². The van der Waals surface area contributed by atoms with Crippen molar-refractivity contribution in [2.45, 2.75) is 19.7 Å². The summed E-state index contributed by atoms with van der Waals surface area (Å²) in [6.07, 6.45) is -4.49. The van der Waals surface area contributed by atoms with Crippen LogP contribution >= 0.6 is 11.6 Å². The molecule has 2 rings (SSSR count). The van der Waals surface area contributed by atoms with E-state index in [-0.39, 0.29) is 23.1 Å². The fourth-order valence-corrected chi connectivity index (χ4v) is 2.10. The Morgan fingerprint density at radius 1 is 1.30 bits per heavy atom. The molecule has 0 spiro atoms. The van der Waals surface area contributed by atoms with Crippen LogP contribution in [-0.4, -0.2) is 16.1 Å². The first-order valence-corrected chi connectivity index (χ1v) is 6.75. The van der Waals surface area contributed by atoms with Gasteiger partial charge in [-0.15, -0.1) is 0 Å². The van der Waals surface area contributed by atoms with E-state index < -0.39 is 17.7 Å². The van der Waals surface area contributed by atoms with Crippen LogP contribution in [0.3, 0.4) is 0 Å². The number of rotatable bonds is 4. The van der Waals surface area contributed by atoms with Crippen molar-refractivity contribution in [3.05, 3.63) is 57.9 Å². The van der Waals surface area contributed by atoms with E-state index in [9.17, 15) is 18.0 Å². The topological polar surface area (TPSA) is 59.4 Å². The second-order valence-corrected chi connectivity index (χ2v) is 5.17. The molecule has 23 heavy (non-hydrogen) atoms. The molecule has 1 heterocycles. The van der Waals surface area contributed by atoms with Crippen molar-refractivity contribution in [1.82, 2.24) is 4.98 Å². The summed E-state index contributed by atoms with van der Waals surface area (Å²) in [5.74, 6) is -1.12. The molecule has 0 saturated heterocycles. The number of hydrogen-bond acceptors (Lipinski definition) is 3. The fourth-order valence-electron chi connectivity index (χ4n) is 1.87. The van der Waals surface area contributed by atoms with Gasteiger partial charge in [-0.05, 0) is 42.8 Å². The minimum atomic E-state index is -4.49. The van der Waals surface area contributed by atoms with Gasteiger partial charge in [-0.3, -0.25) is 0 Å². The van der Waals surface area contributed by atoms with Crippen molar-refractivity contribution in [1.29, 1.82) is 0 Å². The summed E-state index contributed by atoms with van der Waals surface area (Å²) < 4.78 is 43.0. The Morgan fingerprint density at radius 3 is 2.57 bits per heavy atom. The molecule has 0 radical (unpaired) electrons. The maximum Gasteiger partial charge on any atom is 0.416 e. The Balaban J connectivity index is 2.17. The Kier molecular flexibility index (Phi) is 4.79. The number of alkyl halides is 3. The Bertz CT molecular complexity index is 747. The Hall–Kier alpha value is -2.28. The van der Waals surface area contributed by atoms with Gasteiger partial charge in [0.1, 0.15) is 18.1 Å². The first kappa shape index (κ1) is 17.1. The fraction of sp³-hybridized carbons (Fsp3) is 0.200. The lowest BCUT2D eigenvalue weighted by Crippen LogP contribution is -2.07. The van der Waals surface area contributed by atoms with E-state index in [0.29, 0.717) is 11.3 Å². The first-order valence-electron chi connectivity index (χ1n) is 6.37.